The molecule has 4 nitrogen and oxygen atoms in total. The number of nitrogens with zero attached hydrogens (tertiary/aromatic N) is 1. The first-order valence-electron chi connectivity index (χ1n) is 5.75. The number of carbonyl (C=O) groups is 2. The van der Waals surface area contributed by atoms with Gasteiger partial charge in [-0.3, -0.25) is 10.1 Å². The molecule has 4 heteroatoms. The number of unbranched alkanes of at least 4 members (excludes halogenated alkanes) is 1. The molecule has 1 fully saturated rings. The maximum atomic E-state index is 11.8. The third-order valence-electron chi connectivity index (χ3n) is 3.31. The van der Waals surface area contributed by atoms with Crippen LogP contribution in [0.25, 0.3) is 0 Å². The smallest absolute Gasteiger partial charge is 0.310 e. The summed E-state index contributed by atoms with van der Waals surface area (Å²) in [6, 6.07) is -0.225. The molecule has 1 N–H and O–H groups in total. The molecule has 0 atom stereocenters. The standard InChI is InChI=1S/C11H20N2O2/c1-4-7-8-13-10(15)12-9(14)11(13,5-2)6-3/h4-8H2,1-3H3,(H,12,14,15). The fourth-order valence-electron chi connectivity index (χ4n) is 2.18. The zero-order valence-corrected chi connectivity index (χ0v) is 9.80. The van der Waals surface area contributed by atoms with Crippen LogP contribution < -0.4 is 5.32 Å². The molecule has 0 spiro atoms. The van der Waals surface area contributed by atoms with E-state index in [2.05, 4.69) is 12.2 Å². The number of rotatable bonds is 5. The fourth-order valence-corrected chi connectivity index (χ4v) is 2.18. The van der Waals surface area contributed by atoms with Crippen LogP contribution in [0.3, 0.4) is 0 Å². The average Bonchev–Trinajstić information content (AvgIpc) is 2.47. The molecule has 0 saturated carbocycles. The number of nitrogens with one attached hydrogen (secondary N) is 1. The van der Waals surface area contributed by atoms with Gasteiger partial charge in [-0.2, -0.15) is 0 Å². The van der Waals surface area contributed by atoms with Crippen molar-refractivity contribution in [2.45, 2.75) is 52.0 Å². The van der Waals surface area contributed by atoms with Crippen LogP contribution in [0.2, 0.25) is 0 Å². The van der Waals surface area contributed by atoms with Gasteiger partial charge in [0.05, 0.1) is 0 Å². The van der Waals surface area contributed by atoms with E-state index in [0.717, 1.165) is 12.8 Å². The molecule has 1 heterocycles. The summed E-state index contributed by atoms with van der Waals surface area (Å²) in [4.78, 5) is 25.1. The van der Waals surface area contributed by atoms with Crippen LogP contribution in [0.4, 0.5) is 4.79 Å². The van der Waals surface area contributed by atoms with Crippen molar-refractivity contribution in [1.82, 2.24) is 10.2 Å². The molecule has 86 valence electrons. The highest BCUT2D eigenvalue weighted by molar-refractivity contribution is 6.06. The van der Waals surface area contributed by atoms with Crippen LogP contribution in [-0.4, -0.2) is 28.9 Å². The van der Waals surface area contributed by atoms with Gasteiger partial charge in [0, 0.05) is 6.54 Å². The van der Waals surface area contributed by atoms with Crippen LogP contribution in [0.15, 0.2) is 0 Å². The molecule has 0 aromatic heterocycles. The molecular formula is C11H20N2O2. The van der Waals surface area contributed by atoms with Crippen molar-refractivity contribution in [3.05, 3.63) is 0 Å². The fraction of sp³-hybridized carbons (Fsp3) is 0.818. The van der Waals surface area contributed by atoms with E-state index >= 15 is 0 Å². The Hall–Kier alpha value is -1.06. The number of hydrogen-bond acceptors (Lipinski definition) is 2. The highest BCUT2D eigenvalue weighted by Crippen LogP contribution is 2.29. The van der Waals surface area contributed by atoms with Gasteiger partial charge in [-0.1, -0.05) is 27.2 Å². The Kier molecular flexibility index (Phi) is 3.72. The Labute approximate surface area is 91.0 Å². The minimum atomic E-state index is -0.591. The van der Waals surface area contributed by atoms with Crippen molar-refractivity contribution in [2.24, 2.45) is 0 Å². The minimum Gasteiger partial charge on any atom is -0.310 e. The third-order valence-corrected chi connectivity index (χ3v) is 3.31. The van der Waals surface area contributed by atoms with Crippen molar-refractivity contribution < 1.29 is 9.59 Å². The summed E-state index contributed by atoms with van der Waals surface area (Å²) < 4.78 is 0. The first-order chi connectivity index (χ1) is 7.12. The van der Waals surface area contributed by atoms with Crippen LogP contribution in [0, 0.1) is 0 Å². The average molecular weight is 212 g/mol. The van der Waals surface area contributed by atoms with E-state index in [1.54, 1.807) is 4.90 Å². The minimum absolute atomic E-state index is 0.131. The van der Waals surface area contributed by atoms with Gasteiger partial charge in [0.15, 0.2) is 0 Å². The monoisotopic (exact) mass is 212 g/mol. The van der Waals surface area contributed by atoms with Gasteiger partial charge >= 0.3 is 6.03 Å². The summed E-state index contributed by atoms with van der Waals surface area (Å²) in [5.74, 6) is -0.131. The second-order valence-electron chi connectivity index (χ2n) is 4.00. The zero-order valence-electron chi connectivity index (χ0n) is 9.80. The van der Waals surface area contributed by atoms with E-state index in [1.807, 2.05) is 13.8 Å². The van der Waals surface area contributed by atoms with E-state index in [4.69, 9.17) is 0 Å². The summed E-state index contributed by atoms with van der Waals surface area (Å²) in [5.41, 5.74) is -0.591. The molecule has 0 aromatic rings. The largest absolute Gasteiger partial charge is 0.325 e. The Morgan fingerprint density at radius 2 is 1.80 bits per heavy atom. The molecular weight excluding hydrogens is 192 g/mol. The molecule has 15 heavy (non-hydrogen) atoms. The summed E-state index contributed by atoms with van der Waals surface area (Å²) in [6.07, 6.45) is 3.35. The summed E-state index contributed by atoms with van der Waals surface area (Å²) in [5, 5.41) is 2.42. The topological polar surface area (TPSA) is 49.4 Å². The molecule has 1 saturated heterocycles. The predicted molar refractivity (Wildman–Crippen MR) is 58.5 cm³/mol. The van der Waals surface area contributed by atoms with Gasteiger partial charge in [-0.05, 0) is 19.3 Å². The van der Waals surface area contributed by atoms with Gasteiger partial charge in [-0.15, -0.1) is 0 Å². The van der Waals surface area contributed by atoms with Gasteiger partial charge < -0.3 is 4.90 Å². The first kappa shape index (κ1) is 12.0. The summed E-state index contributed by atoms with van der Waals surface area (Å²) in [7, 11) is 0. The highest BCUT2D eigenvalue weighted by atomic mass is 16.2. The Balaban J connectivity index is 2.88. The number of carbonyl (C=O) groups excluding carboxylic acids is 2. The second-order valence-corrected chi connectivity index (χ2v) is 4.00. The van der Waals surface area contributed by atoms with E-state index < -0.39 is 5.54 Å². The molecule has 0 radical (unpaired) electrons. The Morgan fingerprint density at radius 1 is 1.20 bits per heavy atom. The Morgan fingerprint density at radius 3 is 2.27 bits per heavy atom. The van der Waals surface area contributed by atoms with Gasteiger partial charge in [0.2, 0.25) is 0 Å². The van der Waals surface area contributed by atoms with Crippen LogP contribution >= 0.6 is 0 Å². The quantitative estimate of drug-likeness (QED) is 0.707. The van der Waals surface area contributed by atoms with E-state index in [0.29, 0.717) is 19.4 Å². The third kappa shape index (κ3) is 1.85. The Bertz CT molecular complexity index is 259. The number of amides is 3. The summed E-state index contributed by atoms with van der Waals surface area (Å²) in [6.45, 7) is 6.67. The summed E-state index contributed by atoms with van der Waals surface area (Å²) >= 11 is 0. The number of imide groups is 1. The maximum absolute atomic E-state index is 11.8. The lowest BCUT2D eigenvalue weighted by atomic mass is 9.91. The van der Waals surface area contributed by atoms with Crippen molar-refractivity contribution in [1.29, 1.82) is 0 Å². The lowest BCUT2D eigenvalue weighted by molar-refractivity contribution is -0.127. The molecule has 1 rings (SSSR count). The lowest BCUT2D eigenvalue weighted by Crippen LogP contribution is -2.49. The zero-order chi connectivity index (χ0) is 11.5. The normalized spacial score (nSPS) is 19.5. The van der Waals surface area contributed by atoms with Crippen molar-refractivity contribution >= 4 is 11.9 Å². The molecule has 1 aliphatic heterocycles. The van der Waals surface area contributed by atoms with Crippen LogP contribution in [-0.2, 0) is 4.79 Å². The van der Waals surface area contributed by atoms with Crippen molar-refractivity contribution in [3.63, 3.8) is 0 Å². The molecule has 0 aliphatic carbocycles. The van der Waals surface area contributed by atoms with Gasteiger partial charge in [-0.25, -0.2) is 4.79 Å². The van der Waals surface area contributed by atoms with Gasteiger partial charge in [0.1, 0.15) is 5.54 Å². The van der Waals surface area contributed by atoms with Crippen molar-refractivity contribution in [2.75, 3.05) is 6.54 Å². The van der Waals surface area contributed by atoms with Crippen LogP contribution in [0.1, 0.15) is 46.5 Å². The molecule has 1 aliphatic rings. The lowest BCUT2D eigenvalue weighted by Gasteiger charge is -2.33. The van der Waals surface area contributed by atoms with E-state index in [1.165, 1.54) is 0 Å². The second kappa shape index (κ2) is 4.64. The van der Waals surface area contributed by atoms with Gasteiger partial charge in [0.25, 0.3) is 5.91 Å². The number of hydrogen-bond donors (Lipinski definition) is 1. The van der Waals surface area contributed by atoms with Crippen molar-refractivity contribution in [3.8, 4) is 0 Å². The molecule has 0 unspecified atom stereocenters. The number of urea groups is 1. The molecule has 3 amide bonds. The van der Waals surface area contributed by atoms with E-state index in [9.17, 15) is 9.59 Å². The predicted octanol–water partition coefficient (Wildman–Crippen LogP) is 1.90. The highest BCUT2D eigenvalue weighted by Gasteiger charge is 2.49. The first-order valence-corrected chi connectivity index (χ1v) is 5.75. The molecule has 0 bridgehead atoms. The SMILES string of the molecule is CCCCN1C(=O)NC(=O)C1(CC)CC. The maximum Gasteiger partial charge on any atom is 0.325 e. The molecule has 0 aromatic carbocycles. The van der Waals surface area contributed by atoms with E-state index in [-0.39, 0.29) is 11.9 Å². The van der Waals surface area contributed by atoms with Crippen LogP contribution in [0.5, 0.6) is 0 Å².